The number of nitrogens with zero attached hydrogens (tertiary/aromatic N) is 1. The molecular weight excluding hydrogens is 348 g/mol. The van der Waals surface area contributed by atoms with Gasteiger partial charge in [-0.3, -0.25) is 4.31 Å². The van der Waals surface area contributed by atoms with Gasteiger partial charge < -0.3 is 4.84 Å². The van der Waals surface area contributed by atoms with Crippen LogP contribution in [0.1, 0.15) is 24.0 Å². The molecule has 1 N–H and O–H groups in total. The van der Waals surface area contributed by atoms with Crippen molar-refractivity contribution in [2.45, 2.75) is 31.1 Å². The summed E-state index contributed by atoms with van der Waals surface area (Å²) in [7, 11) is -3.59. The molecule has 6 heteroatoms. The molecule has 1 atom stereocenters. The molecule has 1 unspecified atom stereocenters. The van der Waals surface area contributed by atoms with Crippen LogP contribution in [0.4, 0.5) is 5.69 Å². The highest BCUT2D eigenvalue weighted by Crippen LogP contribution is 2.41. The predicted octanol–water partition coefficient (Wildman–Crippen LogP) is 3.05. The number of anilines is 1. The van der Waals surface area contributed by atoms with Crippen LogP contribution in [0.15, 0.2) is 53.4 Å². The molecule has 0 aromatic heterocycles. The van der Waals surface area contributed by atoms with Crippen molar-refractivity contribution < 1.29 is 13.3 Å². The van der Waals surface area contributed by atoms with E-state index in [9.17, 15) is 8.42 Å². The first-order valence-corrected chi connectivity index (χ1v) is 10.5. The molecule has 0 aliphatic carbocycles. The van der Waals surface area contributed by atoms with E-state index in [1.807, 2.05) is 43.3 Å². The summed E-state index contributed by atoms with van der Waals surface area (Å²) >= 11 is 0. The number of hydrogen-bond donors (Lipinski definition) is 1. The number of nitrogens with one attached hydrogen (secondary N) is 1. The van der Waals surface area contributed by atoms with Crippen molar-refractivity contribution in [3.8, 4) is 0 Å². The van der Waals surface area contributed by atoms with E-state index in [-0.39, 0.29) is 5.41 Å². The van der Waals surface area contributed by atoms with E-state index in [4.69, 9.17) is 4.84 Å². The van der Waals surface area contributed by atoms with Crippen molar-refractivity contribution in [3.05, 3.63) is 59.7 Å². The molecular formula is C20H24N2O3S. The van der Waals surface area contributed by atoms with Crippen molar-refractivity contribution in [1.82, 2.24) is 5.48 Å². The fourth-order valence-corrected chi connectivity index (χ4v) is 5.45. The van der Waals surface area contributed by atoms with E-state index >= 15 is 0 Å². The normalized spacial score (nSPS) is 23.5. The molecule has 1 saturated heterocycles. The fourth-order valence-electron chi connectivity index (χ4n) is 3.94. The number of sulfonamides is 1. The highest BCUT2D eigenvalue weighted by atomic mass is 32.2. The minimum Gasteiger partial charge on any atom is -0.301 e. The molecule has 0 bridgehead atoms. The third-order valence-corrected chi connectivity index (χ3v) is 7.35. The first-order valence-electron chi connectivity index (χ1n) is 9.02. The van der Waals surface area contributed by atoms with Crippen LogP contribution in [-0.2, 0) is 21.3 Å². The van der Waals surface area contributed by atoms with Crippen LogP contribution in [0.2, 0.25) is 0 Å². The van der Waals surface area contributed by atoms with Crippen molar-refractivity contribution in [2.24, 2.45) is 5.41 Å². The van der Waals surface area contributed by atoms with Gasteiger partial charge in [0.15, 0.2) is 0 Å². The summed E-state index contributed by atoms with van der Waals surface area (Å²) in [5.41, 5.74) is 5.84. The zero-order valence-electron chi connectivity index (χ0n) is 14.9. The van der Waals surface area contributed by atoms with Crippen LogP contribution in [0.3, 0.4) is 0 Å². The Morgan fingerprint density at radius 2 is 1.85 bits per heavy atom. The van der Waals surface area contributed by atoms with Crippen molar-refractivity contribution in [3.63, 3.8) is 0 Å². The molecule has 0 radical (unpaired) electrons. The summed E-state index contributed by atoms with van der Waals surface area (Å²) in [5.74, 6) is 0. The van der Waals surface area contributed by atoms with E-state index in [0.717, 1.165) is 42.6 Å². The van der Waals surface area contributed by atoms with Crippen LogP contribution in [0.25, 0.3) is 0 Å². The molecule has 2 aliphatic rings. The third kappa shape index (κ3) is 3.13. The van der Waals surface area contributed by atoms with Gasteiger partial charge in [0.05, 0.1) is 17.2 Å². The first kappa shape index (κ1) is 17.5. The van der Waals surface area contributed by atoms with E-state index in [1.165, 1.54) is 0 Å². The molecule has 2 aromatic carbocycles. The summed E-state index contributed by atoms with van der Waals surface area (Å²) < 4.78 is 28.3. The molecule has 5 nitrogen and oxygen atoms in total. The monoisotopic (exact) mass is 372 g/mol. The number of para-hydroxylation sites is 1. The Morgan fingerprint density at radius 1 is 1.08 bits per heavy atom. The number of hydroxylamine groups is 1. The highest BCUT2D eigenvalue weighted by molar-refractivity contribution is 7.92. The topological polar surface area (TPSA) is 58.6 Å². The Bertz CT molecular complexity index is 888. The Kier molecular flexibility index (Phi) is 4.50. The summed E-state index contributed by atoms with van der Waals surface area (Å²) in [4.78, 5) is 5.88. The van der Waals surface area contributed by atoms with Gasteiger partial charge in [-0.1, -0.05) is 35.9 Å². The second-order valence-electron chi connectivity index (χ2n) is 7.38. The average molecular weight is 372 g/mol. The van der Waals surface area contributed by atoms with Crippen LogP contribution in [0, 0.1) is 12.3 Å². The fraction of sp³-hybridized carbons (Fsp3) is 0.400. The van der Waals surface area contributed by atoms with Gasteiger partial charge >= 0.3 is 0 Å². The van der Waals surface area contributed by atoms with Crippen LogP contribution >= 0.6 is 0 Å². The number of rotatable bonds is 2. The van der Waals surface area contributed by atoms with Gasteiger partial charge in [-0.05, 0) is 49.9 Å². The quantitative estimate of drug-likeness (QED) is 0.880. The second kappa shape index (κ2) is 6.68. The van der Waals surface area contributed by atoms with Gasteiger partial charge in [-0.25, -0.2) is 13.9 Å². The maximum atomic E-state index is 13.4. The maximum Gasteiger partial charge on any atom is 0.264 e. The van der Waals surface area contributed by atoms with E-state index in [0.29, 0.717) is 18.0 Å². The molecule has 138 valence electrons. The summed E-state index contributed by atoms with van der Waals surface area (Å²) in [5, 5.41) is 0. The van der Waals surface area contributed by atoms with Crippen molar-refractivity contribution >= 4 is 15.7 Å². The lowest BCUT2D eigenvalue weighted by Gasteiger charge is -2.36. The molecule has 1 spiro atoms. The standard InChI is InChI=1S/C20H24N2O3S/c1-16-6-8-18(9-7-16)26(23,24)22-13-11-20(10-12-21-25-15-20)14-17-4-2-3-5-19(17)22/h2-9,21H,10-15H2,1H3. The number of aryl methyl sites for hydroxylation is 1. The van der Waals surface area contributed by atoms with Crippen LogP contribution in [-0.4, -0.2) is 28.1 Å². The van der Waals surface area contributed by atoms with Crippen molar-refractivity contribution in [1.29, 1.82) is 0 Å². The van der Waals surface area contributed by atoms with Crippen molar-refractivity contribution in [2.75, 3.05) is 24.0 Å². The third-order valence-electron chi connectivity index (χ3n) is 5.52. The molecule has 0 saturated carbocycles. The maximum absolute atomic E-state index is 13.4. The highest BCUT2D eigenvalue weighted by Gasteiger charge is 2.39. The van der Waals surface area contributed by atoms with E-state index in [1.54, 1.807) is 16.4 Å². The Hall–Kier alpha value is -1.89. The van der Waals surface area contributed by atoms with Gasteiger partial charge in [0.2, 0.25) is 0 Å². The van der Waals surface area contributed by atoms with Crippen LogP contribution < -0.4 is 9.79 Å². The molecule has 2 heterocycles. The van der Waals surface area contributed by atoms with Gasteiger partial charge in [0, 0.05) is 18.5 Å². The zero-order valence-corrected chi connectivity index (χ0v) is 15.8. The van der Waals surface area contributed by atoms with Gasteiger partial charge in [0.1, 0.15) is 0 Å². The van der Waals surface area contributed by atoms with Gasteiger partial charge in [-0.15, -0.1) is 0 Å². The SMILES string of the molecule is Cc1ccc(S(=O)(=O)N2CCC3(CCNOC3)Cc3ccccc32)cc1. The smallest absolute Gasteiger partial charge is 0.264 e. The minimum atomic E-state index is -3.59. The van der Waals surface area contributed by atoms with E-state index < -0.39 is 10.0 Å². The summed E-state index contributed by atoms with van der Waals surface area (Å²) in [6, 6.07) is 14.9. The molecule has 1 fully saturated rings. The second-order valence-corrected chi connectivity index (χ2v) is 9.24. The molecule has 26 heavy (non-hydrogen) atoms. The minimum absolute atomic E-state index is 0.0150. The first-order chi connectivity index (χ1) is 12.5. The number of hydrogen-bond acceptors (Lipinski definition) is 4. The zero-order chi connectivity index (χ0) is 18.2. The lowest BCUT2D eigenvalue weighted by atomic mass is 9.76. The van der Waals surface area contributed by atoms with Gasteiger partial charge in [0.25, 0.3) is 10.0 Å². The summed E-state index contributed by atoms with van der Waals surface area (Å²) in [6.45, 7) is 3.84. The van der Waals surface area contributed by atoms with Crippen LogP contribution in [0.5, 0.6) is 0 Å². The lowest BCUT2D eigenvalue weighted by molar-refractivity contribution is -0.0669. The molecule has 2 aromatic rings. The Balaban J connectivity index is 1.76. The Morgan fingerprint density at radius 3 is 2.58 bits per heavy atom. The lowest BCUT2D eigenvalue weighted by Crippen LogP contribution is -2.42. The Labute approximate surface area is 155 Å². The predicted molar refractivity (Wildman–Crippen MR) is 101 cm³/mol. The molecule has 4 rings (SSSR count). The molecule has 0 amide bonds. The van der Waals surface area contributed by atoms with Gasteiger partial charge in [-0.2, -0.15) is 0 Å². The number of fused-ring (bicyclic) bond motifs is 1. The average Bonchev–Trinajstić information content (AvgIpc) is 2.79. The van der Waals surface area contributed by atoms with E-state index in [2.05, 4.69) is 5.48 Å². The summed E-state index contributed by atoms with van der Waals surface area (Å²) in [6.07, 6.45) is 2.61. The molecule has 2 aliphatic heterocycles. The number of benzene rings is 2. The largest absolute Gasteiger partial charge is 0.301 e.